The SMILES string of the molecule is COc1cc(C)nc(CNCCCCCSC)c1. The Balaban J connectivity index is 2.20. The van der Waals surface area contributed by atoms with Gasteiger partial charge in [0.05, 0.1) is 12.8 Å². The fraction of sp³-hybridized carbons (Fsp3) is 0.643. The third-order valence-corrected chi connectivity index (χ3v) is 3.42. The number of ether oxygens (including phenoxy) is 1. The van der Waals surface area contributed by atoms with Crippen LogP contribution in [0.2, 0.25) is 0 Å². The van der Waals surface area contributed by atoms with Crippen LogP contribution in [0, 0.1) is 6.92 Å². The second-order valence-electron chi connectivity index (χ2n) is 4.37. The van der Waals surface area contributed by atoms with Crippen LogP contribution >= 0.6 is 11.8 Å². The van der Waals surface area contributed by atoms with E-state index in [1.807, 2.05) is 30.8 Å². The summed E-state index contributed by atoms with van der Waals surface area (Å²) in [7, 11) is 1.69. The molecular weight excluding hydrogens is 244 g/mol. The van der Waals surface area contributed by atoms with E-state index in [1.54, 1.807) is 7.11 Å². The van der Waals surface area contributed by atoms with Crippen LogP contribution in [0.3, 0.4) is 0 Å². The van der Waals surface area contributed by atoms with Crippen molar-refractivity contribution in [3.63, 3.8) is 0 Å². The van der Waals surface area contributed by atoms with Gasteiger partial charge in [-0.3, -0.25) is 4.98 Å². The van der Waals surface area contributed by atoms with E-state index in [4.69, 9.17) is 4.74 Å². The second-order valence-corrected chi connectivity index (χ2v) is 5.36. The van der Waals surface area contributed by atoms with Crippen molar-refractivity contribution in [2.24, 2.45) is 0 Å². The second kappa shape index (κ2) is 9.22. The van der Waals surface area contributed by atoms with Crippen LogP contribution in [0.4, 0.5) is 0 Å². The van der Waals surface area contributed by atoms with Gasteiger partial charge in [-0.25, -0.2) is 0 Å². The van der Waals surface area contributed by atoms with Crippen molar-refractivity contribution < 1.29 is 4.74 Å². The minimum atomic E-state index is 0.820. The number of methoxy groups -OCH3 is 1. The third kappa shape index (κ3) is 6.26. The fourth-order valence-corrected chi connectivity index (χ4v) is 2.29. The van der Waals surface area contributed by atoms with Crippen LogP contribution in [0.1, 0.15) is 30.7 Å². The summed E-state index contributed by atoms with van der Waals surface area (Å²) in [4.78, 5) is 4.48. The Morgan fingerprint density at radius 3 is 2.83 bits per heavy atom. The van der Waals surface area contributed by atoms with Crippen LogP contribution in [0.5, 0.6) is 5.75 Å². The lowest BCUT2D eigenvalue weighted by atomic mass is 10.2. The van der Waals surface area contributed by atoms with Gasteiger partial charge in [0, 0.05) is 24.4 Å². The number of rotatable bonds is 9. The maximum absolute atomic E-state index is 5.24. The molecule has 0 bridgehead atoms. The molecule has 1 rings (SSSR count). The molecule has 0 saturated carbocycles. The van der Waals surface area contributed by atoms with E-state index in [2.05, 4.69) is 16.6 Å². The maximum atomic E-state index is 5.24. The molecule has 0 fully saturated rings. The summed E-state index contributed by atoms with van der Waals surface area (Å²) in [6, 6.07) is 3.94. The molecule has 1 aromatic heterocycles. The van der Waals surface area contributed by atoms with Crippen molar-refractivity contribution in [1.29, 1.82) is 0 Å². The highest BCUT2D eigenvalue weighted by atomic mass is 32.2. The van der Waals surface area contributed by atoms with Gasteiger partial charge in [-0.15, -0.1) is 0 Å². The van der Waals surface area contributed by atoms with Crippen molar-refractivity contribution in [3.05, 3.63) is 23.5 Å². The molecule has 0 amide bonds. The molecule has 1 aromatic rings. The number of pyridine rings is 1. The van der Waals surface area contributed by atoms with E-state index in [0.717, 1.165) is 30.2 Å². The molecule has 1 N–H and O–H groups in total. The molecule has 0 saturated heterocycles. The van der Waals surface area contributed by atoms with Crippen molar-refractivity contribution in [2.75, 3.05) is 25.7 Å². The topological polar surface area (TPSA) is 34.1 Å². The predicted molar refractivity (Wildman–Crippen MR) is 79.5 cm³/mol. The number of unbranched alkanes of at least 4 members (excludes halogenated alkanes) is 2. The lowest BCUT2D eigenvalue weighted by molar-refractivity contribution is 0.412. The fourth-order valence-electron chi connectivity index (χ4n) is 1.80. The van der Waals surface area contributed by atoms with Gasteiger partial charge >= 0.3 is 0 Å². The molecule has 0 aliphatic carbocycles. The molecular formula is C14H24N2OS. The van der Waals surface area contributed by atoms with Crippen LogP contribution in [0.15, 0.2) is 12.1 Å². The lowest BCUT2D eigenvalue weighted by Crippen LogP contribution is -2.16. The summed E-state index contributed by atoms with van der Waals surface area (Å²) in [5.41, 5.74) is 2.06. The van der Waals surface area contributed by atoms with E-state index in [0.29, 0.717) is 0 Å². The molecule has 0 aliphatic heterocycles. The van der Waals surface area contributed by atoms with Gasteiger partial charge in [-0.2, -0.15) is 11.8 Å². The van der Waals surface area contributed by atoms with Gasteiger partial charge in [0.25, 0.3) is 0 Å². The Labute approximate surface area is 115 Å². The number of hydrogen-bond donors (Lipinski definition) is 1. The quantitative estimate of drug-likeness (QED) is 0.698. The maximum Gasteiger partial charge on any atom is 0.122 e. The minimum Gasteiger partial charge on any atom is -0.497 e. The van der Waals surface area contributed by atoms with Crippen LogP contribution in [0.25, 0.3) is 0 Å². The van der Waals surface area contributed by atoms with Crippen molar-refractivity contribution in [2.45, 2.75) is 32.7 Å². The number of aromatic nitrogens is 1. The van der Waals surface area contributed by atoms with Gasteiger partial charge in [0.2, 0.25) is 0 Å². The highest BCUT2D eigenvalue weighted by molar-refractivity contribution is 7.98. The van der Waals surface area contributed by atoms with Crippen LogP contribution in [-0.4, -0.2) is 30.6 Å². The first kappa shape index (κ1) is 15.3. The van der Waals surface area contributed by atoms with Crippen molar-refractivity contribution in [3.8, 4) is 5.75 Å². The van der Waals surface area contributed by atoms with Gasteiger partial charge in [-0.05, 0) is 38.3 Å². The summed E-state index contributed by atoms with van der Waals surface area (Å²) < 4.78 is 5.24. The lowest BCUT2D eigenvalue weighted by Gasteiger charge is -2.07. The molecule has 0 spiro atoms. The summed E-state index contributed by atoms with van der Waals surface area (Å²) >= 11 is 1.92. The highest BCUT2D eigenvalue weighted by Crippen LogP contribution is 2.13. The molecule has 102 valence electrons. The van der Waals surface area contributed by atoms with E-state index in [-0.39, 0.29) is 0 Å². The van der Waals surface area contributed by atoms with Gasteiger partial charge < -0.3 is 10.1 Å². The van der Waals surface area contributed by atoms with E-state index in [9.17, 15) is 0 Å². The molecule has 4 heteroatoms. The smallest absolute Gasteiger partial charge is 0.122 e. The summed E-state index contributed by atoms with van der Waals surface area (Å²) in [5, 5.41) is 3.43. The molecule has 0 atom stereocenters. The molecule has 0 aromatic carbocycles. The molecule has 0 radical (unpaired) electrons. The Bertz CT molecular complexity index is 345. The first-order valence-electron chi connectivity index (χ1n) is 6.47. The highest BCUT2D eigenvalue weighted by Gasteiger charge is 2.00. The Morgan fingerprint density at radius 1 is 1.28 bits per heavy atom. The van der Waals surface area contributed by atoms with Crippen molar-refractivity contribution in [1.82, 2.24) is 10.3 Å². The van der Waals surface area contributed by atoms with Gasteiger partial charge in [0.15, 0.2) is 0 Å². The number of nitrogens with one attached hydrogen (secondary N) is 1. The average molecular weight is 268 g/mol. The number of thioether (sulfide) groups is 1. The number of nitrogens with zero attached hydrogens (tertiary/aromatic N) is 1. The van der Waals surface area contributed by atoms with Crippen LogP contribution in [-0.2, 0) is 6.54 Å². The zero-order valence-corrected chi connectivity index (χ0v) is 12.5. The molecule has 0 unspecified atom stereocenters. The Kier molecular flexibility index (Phi) is 7.85. The first-order valence-corrected chi connectivity index (χ1v) is 7.87. The standard InChI is InChI=1S/C14H24N2OS/c1-12-9-14(17-2)10-13(16-12)11-15-7-5-4-6-8-18-3/h9-10,15H,4-8,11H2,1-3H3. The Hall–Kier alpha value is -0.740. The number of aryl methyl sites for hydroxylation is 1. The monoisotopic (exact) mass is 268 g/mol. The number of hydrogen-bond acceptors (Lipinski definition) is 4. The summed E-state index contributed by atoms with van der Waals surface area (Å²) in [6.07, 6.45) is 6.02. The molecule has 1 heterocycles. The van der Waals surface area contributed by atoms with E-state index < -0.39 is 0 Å². The van der Waals surface area contributed by atoms with Crippen LogP contribution < -0.4 is 10.1 Å². The Morgan fingerprint density at radius 2 is 2.11 bits per heavy atom. The normalized spacial score (nSPS) is 10.6. The van der Waals surface area contributed by atoms with Crippen molar-refractivity contribution >= 4 is 11.8 Å². The van der Waals surface area contributed by atoms with Gasteiger partial charge in [0.1, 0.15) is 5.75 Å². The van der Waals surface area contributed by atoms with E-state index in [1.165, 1.54) is 25.0 Å². The molecule has 0 aliphatic rings. The molecule has 3 nitrogen and oxygen atoms in total. The minimum absolute atomic E-state index is 0.820. The summed E-state index contributed by atoms with van der Waals surface area (Å²) in [5.74, 6) is 2.16. The van der Waals surface area contributed by atoms with Gasteiger partial charge in [-0.1, -0.05) is 6.42 Å². The zero-order valence-electron chi connectivity index (χ0n) is 11.7. The average Bonchev–Trinajstić information content (AvgIpc) is 2.37. The summed E-state index contributed by atoms with van der Waals surface area (Å²) in [6.45, 7) is 3.88. The largest absolute Gasteiger partial charge is 0.497 e. The van der Waals surface area contributed by atoms with E-state index >= 15 is 0 Å². The first-order chi connectivity index (χ1) is 8.76. The third-order valence-electron chi connectivity index (χ3n) is 2.72. The zero-order chi connectivity index (χ0) is 13.2. The predicted octanol–water partition coefficient (Wildman–Crippen LogP) is 3.02. The molecule has 18 heavy (non-hydrogen) atoms.